The van der Waals surface area contributed by atoms with E-state index < -0.39 is 0 Å². The summed E-state index contributed by atoms with van der Waals surface area (Å²) in [6.45, 7) is 3.81. The normalized spacial score (nSPS) is 10.4. The Kier molecular flexibility index (Phi) is 6.75. The van der Waals surface area contributed by atoms with Gasteiger partial charge in [-0.1, -0.05) is 18.2 Å². The number of aryl methyl sites for hydroxylation is 2. The number of aromatic nitrogens is 2. The molecular formula is C23H24N4O3. The number of Topliss-reactive ketones (excluding diaryl/α,β-unsaturated/α-hetero) is 1. The van der Waals surface area contributed by atoms with Gasteiger partial charge in [-0.05, 0) is 50.2 Å². The summed E-state index contributed by atoms with van der Waals surface area (Å²) in [4.78, 5) is 33.4. The van der Waals surface area contributed by atoms with Gasteiger partial charge >= 0.3 is 0 Å². The van der Waals surface area contributed by atoms with E-state index in [-0.39, 0.29) is 24.5 Å². The second-order valence-corrected chi connectivity index (χ2v) is 6.85. The van der Waals surface area contributed by atoms with Crippen molar-refractivity contribution in [3.63, 3.8) is 0 Å². The number of hydrogen-bond acceptors (Lipinski definition) is 6. The molecule has 0 bridgehead atoms. The molecule has 3 aromatic rings. The second kappa shape index (κ2) is 9.65. The molecule has 3 rings (SSSR count). The van der Waals surface area contributed by atoms with Crippen molar-refractivity contribution in [1.82, 2.24) is 9.97 Å². The zero-order valence-corrected chi connectivity index (χ0v) is 17.2. The molecule has 0 spiro atoms. The Balaban J connectivity index is 1.59. The van der Waals surface area contributed by atoms with Crippen molar-refractivity contribution in [2.75, 3.05) is 17.7 Å². The summed E-state index contributed by atoms with van der Waals surface area (Å²) in [6.07, 6.45) is 0.176. The molecule has 0 radical (unpaired) electrons. The number of nitrogens with zero attached hydrogens (tertiary/aromatic N) is 2. The minimum atomic E-state index is -0.238. The molecule has 0 aliphatic rings. The van der Waals surface area contributed by atoms with Crippen LogP contribution >= 0.6 is 0 Å². The predicted octanol–water partition coefficient (Wildman–Crippen LogP) is 4.45. The molecule has 1 heterocycles. The number of ether oxygens (including phenoxy) is 1. The van der Waals surface area contributed by atoms with Crippen molar-refractivity contribution in [2.24, 2.45) is 0 Å². The minimum Gasteiger partial charge on any atom is -0.496 e. The van der Waals surface area contributed by atoms with Crippen LogP contribution in [0.5, 0.6) is 5.75 Å². The van der Waals surface area contributed by atoms with E-state index in [2.05, 4.69) is 20.6 Å². The quantitative estimate of drug-likeness (QED) is 0.539. The molecule has 0 fully saturated rings. The van der Waals surface area contributed by atoms with E-state index in [0.29, 0.717) is 22.9 Å². The summed E-state index contributed by atoms with van der Waals surface area (Å²) in [6, 6.07) is 16.2. The molecule has 30 heavy (non-hydrogen) atoms. The SMILES string of the molecule is COc1ccccc1C(=O)CCC(=O)Nc1cccc(Nc2nc(C)cc(C)n2)c1. The number of methoxy groups -OCH3 is 1. The van der Waals surface area contributed by atoms with Gasteiger partial charge in [0.15, 0.2) is 5.78 Å². The van der Waals surface area contributed by atoms with Crippen LogP contribution in [0.25, 0.3) is 0 Å². The van der Waals surface area contributed by atoms with E-state index in [1.807, 2.05) is 32.0 Å². The first-order valence-corrected chi connectivity index (χ1v) is 9.60. The Bertz CT molecular complexity index is 1050. The van der Waals surface area contributed by atoms with E-state index in [0.717, 1.165) is 17.1 Å². The van der Waals surface area contributed by atoms with Crippen LogP contribution < -0.4 is 15.4 Å². The van der Waals surface area contributed by atoms with Gasteiger partial charge < -0.3 is 15.4 Å². The van der Waals surface area contributed by atoms with Crippen molar-refractivity contribution < 1.29 is 14.3 Å². The van der Waals surface area contributed by atoms with Gasteiger partial charge in [0.05, 0.1) is 12.7 Å². The lowest BCUT2D eigenvalue weighted by Gasteiger charge is -2.10. The number of carbonyl (C=O) groups is 2. The molecule has 7 heteroatoms. The maximum atomic E-state index is 12.4. The fraction of sp³-hybridized carbons (Fsp3) is 0.217. The fourth-order valence-electron chi connectivity index (χ4n) is 3.05. The summed E-state index contributed by atoms with van der Waals surface area (Å²) < 4.78 is 5.21. The van der Waals surface area contributed by atoms with Crippen molar-refractivity contribution in [1.29, 1.82) is 0 Å². The Morgan fingerprint density at radius 1 is 0.900 bits per heavy atom. The largest absolute Gasteiger partial charge is 0.496 e. The maximum absolute atomic E-state index is 12.4. The third kappa shape index (κ3) is 5.64. The van der Waals surface area contributed by atoms with Crippen LogP contribution in [0.3, 0.4) is 0 Å². The lowest BCUT2D eigenvalue weighted by molar-refractivity contribution is -0.116. The number of nitrogens with one attached hydrogen (secondary N) is 2. The molecule has 7 nitrogen and oxygen atoms in total. The smallest absolute Gasteiger partial charge is 0.227 e. The summed E-state index contributed by atoms with van der Waals surface area (Å²) in [7, 11) is 1.52. The van der Waals surface area contributed by atoms with E-state index in [4.69, 9.17) is 4.74 Å². The average molecular weight is 404 g/mol. The van der Waals surface area contributed by atoms with Gasteiger partial charge in [0, 0.05) is 35.6 Å². The van der Waals surface area contributed by atoms with E-state index in [1.54, 1.807) is 36.4 Å². The van der Waals surface area contributed by atoms with Gasteiger partial charge in [0.1, 0.15) is 5.75 Å². The van der Waals surface area contributed by atoms with Crippen LogP contribution in [-0.4, -0.2) is 28.8 Å². The number of para-hydroxylation sites is 1. The molecule has 0 saturated carbocycles. The fourth-order valence-corrected chi connectivity index (χ4v) is 3.05. The van der Waals surface area contributed by atoms with Crippen LogP contribution in [0.2, 0.25) is 0 Å². The standard InChI is InChI=1S/C23H24N4O3/c1-15-13-16(2)25-23(24-15)27-18-8-6-7-17(14-18)26-22(29)12-11-20(28)19-9-4-5-10-21(19)30-3/h4-10,13-14H,11-12H2,1-3H3,(H,26,29)(H,24,25,27). The predicted molar refractivity (Wildman–Crippen MR) is 116 cm³/mol. The number of anilines is 3. The minimum absolute atomic E-state index is 0.0781. The number of ketones is 1. The molecule has 0 unspecified atom stereocenters. The van der Waals surface area contributed by atoms with Gasteiger partial charge in [-0.3, -0.25) is 9.59 Å². The van der Waals surface area contributed by atoms with E-state index in [1.165, 1.54) is 7.11 Å². The summed E-state index contributed by atoms with van der Waals surface area (Å²) in [5.41, 5.74) is 3.60. The number of carbonyl (C=O) groups excluding carboxylic acids is 2. The number of hydrogen-bond donors (Lipinski definition) is 2. The molecule has 154 valence electrons. The van der Waals surface area contributed by atoms with Gasteiger partial charge in [0.2, 0.25) is 11.9 Å². The monoisotopic (exact) mass is 404 g/mol. The molecule has 2 N–H and O–H groups in total. The first-order valence-electron chi connectivity index (χ1n) is 9.60. The summed E-state index contributed by atoms with van der Waals surface area (Å²) in [5.74, 6) is 0.636. The third-order valence-electron chi connectivity index (χ3n) is 4.37. The zero-order chi connectivity index (χ0) is 21.5. The lowest BCUT2D eigenvalue weighted by Crippen LogP contribution is -2.14. The van der Waals surface area contributed by atoms with E-state index >= 15 is 0 Å². The van der Waals surface area contributed by atoms with Gasteiger partial charge in [0.25, 0.3) is 0 Å². The van der Waals surface area contributed by atoms with Crippen molar-refractivity contribution in [3.05, 3.63) is 71.5 Å². The van der Waals surface area contributed by atoms with Crippen LogP contribution in [0.1, 0.15) is 34.6 Å². The molecule has 0 saturated heterocycles. The number of rotatable bonds is 8. The van der Waals surface area contributed by atoms with Gasteiger partial charge in [-0.15, -0.1) is 0 Å². The van der Waals surface area contributed by atoms with Crippen LogP contribution in [0.15, 0.2) is 54.6 Å². The lowest BCUT2D eigenvalue weighted by atomic mass is 10.1. The summed E-state index contributed by atoms with van der Waals surface area (Å²) in [5, 5.41) is 5.97. The van der Waals surface area contributed by atoms with Gasteiger partial charge in [-0.25, -0.2) is 9.97 Å². The Morgan fingerprint density at radius 2 is 1.60 bits per heavy atom. The number of benzene rings is 2. The molecule has 2 aromatic carbocycles. The van der Waals surface area contributed by atoms with Gasteiger partial charge in [-0.2, -0.15) is 0 Å². The highest BCUT2D eigenvalue weighted by Crippen LogP contribution is 2.21. The Morgan fingerprint density at radius 3 is 2.33 bits per heavy atom. The first-order chi connectivity index (χ1) is 14.4. The molecule has 0 aliphatic carbocycles. The van der Waals surface area contributed by atoms with Crippen LogP contribution in [0.4, 0.5) is 17.3 Å². The van der Waals surface area contributed by atoms with Crippen molar-refractivity contribution in [2.45, 2.75) is 26.7 Å². The second-order valence-electron chi connectivity index (χ2n) is 6.85. The Hall–Kier alpha value is -3.74. The number of amides is 1. The molecule has 0 aliphatic heterocycles. The molecule has 1 amide bonds. The molecular weight excluding hydrogens is 380 g/mol. The highest BCUT2D eigenvalue weighted by molar-refractivity contribution is 6.01. The first kappa shape index (κ1) is 21.0. The topological polar surface area (TPSA) is 93.2 Å². The zero-order valence-electron chi connectivity index (χ0n) is 17.2. The average Bonchev–Trinajstić information content (AvgIpc) is 2.71. The molecule has 0 atom stereocenters. The Labute approximate surface area is 175 Å². The van der Waals surface area contributed by atoms with Crippen molar-refractivity contribution >= 4 is 29.0 Å². The molecule has 1 aromatic heterocycles. The maximum Gasteiger partial charge on any atom is 0.227 e. The highest BCUT2D eigenvalue weighted by atomic mass is 16.5. The summed E-state index contributed by atoms with van der Waals surface area (Å²) >= 11 is 0. The van der Waals surface area contributed by atoms with Crippen molar-refractivity contribution in [3.8, 4) is 5.75 Å². The van der Waals surface area contributed by atoms with E-state index in [9.17, 15) is 9.59 Å². The van der Waals surface area contributed by atoms with Crippen LogP contribution in [-0.2, 0) is 4.79 Å². The third-order valence-corrected chi connectivity index (χ3v) is 4.37. The van der Waals surface area contributed by atoms with Crippen LogP contribution in [0, 0.1) is 13.8 Å². The highest BCUT2D eigenvalue weighted by Gasteiger charge is 2.13.